The van der Waals surface area contributed by atoms with E-state index in [1.807, 2.05) is 0 Å². The molecule has 1 aromatic rings. The second-order valence-corrected chi connectivity index (χ2v) is 5.77. The molecule has 4 heteroatoms. The van der Waals surface area contributed by atoms with E-state index in [0.29, 0.717) is 6.42 Å². The summed E-state index contributed by atoms with van der Waals surface area (Å²) >= 11 is 1.74. The topological polar surface area (TPSA) is 49.3 Å². The van der Waals surface area contributed by atoms with Crippen LogP contribution in [0.15, 0.2) is 23.1 Å². The maximum Gasteiger partial charge on any atom is 0.320 e. The van der Waals surface area contributed by atoms with Gasteiger partial charge in [-0.2, -0.15) is 0 Å². The van der Waals surface area contributed by atoms with E-state index >= 15 is 0 Å². The molecule has 1 aromatic carbocycles. The van der Waals surface area contributed by atoms with Crippen LogP contribution < -0.4 is 5.32 Å². The molecule has 1 aliphatic rings. The highest BCUT2D eigenvalue weighted by Crippen LogP contribution is 2.27. The number of likely N-dealkylation sites (N-methyl/N-ethyl adjacent to an activating group) is 1. The molecule has 2 rings (SSSR count). The zero-order chi connectivity index (χ0) is 13.0. The number of nitrogens with one attached hydrogen (secondary N) is 1. The van der Waals surface area contributed by atoms with Crippen LogP contribution >= 0.6 is 11.8 Å². The van der Waals surface area contributed by atoms with Gasteiger partial charge in [-0.1, -0.05) is 6.07 Å². The van der Waals surface area contributed by atoms with Crippen LogP contribution in [-0.2, 0) is 17.6 Å². The van der Waals surface area contributed by atoms with Crippen LogP contribution in [-0.4, -0.2) is 29.9 Å². The normalized spacial score (nSPS) is 15.4. The first-order valence-electron chi connectivity index (χ1n) is 6.35. The van der Waals surface area contributed by atoms with E-state index in [4.69, 9.17) is 5.11 Å². The Morgan fingerprint density at radius 3 is 2.94 bits per heavy atom. The van der Waals surface area contributed by atoms with Gasteiger partial charge in [-0.3, -0.25) is 4.79 Å². The van der Waals surface area contributed by atoms with Crippen LogP contribution in [0.1, 0.15) is 24.0 Å². The van der Waals surface area contributed by atoms with E-state index in [1.54, 1.807) is 18.8 Å². The molecular formula is C14H19NO2S. The largest absolute Gasteiger partial charge is 0.480 e. The van der Waals surface area contributed by atoms with Crippen molar-refractivity contribution in [2.24, 2.45) is 0 Å². The maximum atomic E-state index is 10.9. The molecular weight excluding hydrogens is 246 g/mol. The second-order valence-electron chi connectivity index (χ2n) is 4.60. The summed E-state index contributed by atoms with van der Waals surface area (Å²) < 4.78 is 0. The fourth-order valence-electron chi connectivity index (χ4n) is 2.32. The lowest BCUT2D eigenvalue weighted by Gasteiger charge is -2.10. The van der Waals surface area contributed by atoms with Crippen molar-refractivity contribution >= 4 is 17.7 Å². The molecule has 0 aromatic heterocycles. The molecule has 0 saturated carbocycles. The smallest absolute Gasteiger partial charge is 0.320 e. The first kappa shape index (κ1) is 13.4. The molecule has 0 bridgehead atoms. The van der Waals surface area contributed by atoms with Gasteiger partial charge in [-0.25, -0.2) is 0 Å². The molecule has 0 fully saturated rings. The first-order valence-corrected chi connectivity index (χ1v) is 7.34. The highest BCUT2D eigenvalue weighted by molar-refractivity contribution is 7.99. The van der Waals surface area contributed by atoms with Crippen molar-refractivity contribution < 1.29 is 9.90 Å². The number of fused-ring (bicyclic) bond motifs is 1. The van der Waals surface area contributed by atoms with E-state index in [-0.39, 0.29) is 0 Å². The van der Waals surface area contributed by atoms with Crippen molar-refractivity contribution in [1.29, 1.82) is 0 Å². The molecule has 0 amide bonds. The first-order chi connectivity index (χ1) is 8.70. The van der Waals surface area contributed by atoms with Crippen molar-refractivity contribution in [3.63, 3.8) is 0 Å². The minimum atomic E-state index is -0.771. The van der Waals surface area contributed by atoms with Gasteiger partial charge in [0.2, 0.25) is 0 Å². The number of thioether (sulfide) groups is 1. The number of rotatable bonds is 6. The highest BCUT2D eigenvalue weighted by Gasteiger charge is 2.15. The molecule has 2 N–H and O–H groups in total. The van der Waals surface area contributed by atoms with Gasteiger partial charge >= 0.3 is 5.97 Å². The number of carbonyl (C=O) groups is 1. The molecule has 3 nitrogen and oxygen atoms in total. The Hall–Kier alpha value is -1.00. The summed E-state index contributed by atoms with van der Waals surface area (Å²) in [5.74, 6) is 0.0587. The lowest BCUT2D eigenvalue weighted by atomic mass is 10.1. The Morgan fingerprint density at radius 2 is 2.22 bits per heavy atom. The average Bonchev–Trinajstić information content (AvgIpc) is 2.81. The molecule has 0 saturated heterocycles. The quantitative estimate of drug-likeness (QED) is 0.775. The maximum absolute atomic E-state index is 10.9. The standard InChI is InChI=1S/C14H19NO2S/c1-15-13(14(16)17)7-8-18-12-6-5-10-3-2-4-11(10)9-12/h5-6,9,13,15H,2-4,7-8H2,1H3,(H,16,17). The molecule has 1 aliphatic carbocycles. The fraction of sp³-hybridized carbons (Fsp3) is 0.500. The lowest BCUT2D eigenvalue weighted by molar-refractivity contribution is -0.139. The van der Waals surface area contributed by atoms with Crippen molar-refractivity contribution in [1.82, 2.24) is 5.32 Å². The van der Waals surface area contributed by atoms with Crippen molar-refractivity contribution in [2.45, 2.75) is 36.6 Å². The molecule has 1 unspecified atom stereocenters. The van der Waals surface area contributed by atoms with E-state index in [9.17, 15) is 4.79 Å². The molecule has 1 atom stereocenters. The van der Waals surface area contributed by atoms with Gasteiger partial charge in [0, 0.05) is 10.6 Å². The summed E-state index contributed by atoms with van der Waals surface area (Å²) in [5, 5.41) is 11.7. The van der Waals surface area contributed by atoms with E-state index < -0.39 is 12.0 Å². The van der Waals surface area contributed by atoms with Gasteiger partial charge in [-0.15, -0.1) is 11.8 Å². The minimum absolute atomic E-state index is 0.438. The number of hydrogen-bond acceptors (Lipinski definition) is 3. The molecule has 98 valence electrons. The predicted molar refractivity (Wildman–Crippen MR) is 74.3 cm³/mol. The van der Waals surface area contributed by atoms with Gasteiger partial charge in [0.05, 0.1) is 0 Å². The Labute approximate surface area is 112 Å². The third-order valence-electron chi connectivity index (χ3n) is 3.39. The van der Waals surface area contributed by atoms with E-state index in [2.05, 4.69) is 23.5 Å². The van der Waals surface area contributed by atoms with Crippen molar-refractivity contribution in [2.75, 3.05) is 12.8 Å². The fourth-order valence-corrected chi connectivity index (χ4v) is 3.30. The van der Waals surface area contributed by atoms with Gasteiger partial charge in [0.15, 0.2) is 0 Å². The predicted octanol–water partition coefficient (Wildman–Crippen LogP) is 2.33. The van der Waals surface area contributed by atoms with E-state index in [0.717, 1.165) is 5.75 Å². The van der Waals surface area contributed by atoms with E-state index in [1.165, 1.54) is 35.3 Å². The second kappa shape index (κ2) is 6.25. The zero-order valence-corrected chi connectivity index (χ0v) is 11.4. The minimum Gasteiger partial charge on any atom is -0.480 e. The summed E-state index contributed by atoms with van der Waals surface area (Å²) in [7, 11) is 1.69. The molecule has 0 heterocycles. The number of aliphatic carboxylic acids is 1. The summed E-state index contributed by atoms with van der Waals surface area (Å²) in [5.41, 5.74) is 2.96. The lowest BCUT2D eigenvalue weighted by Crippen LogP contribution is -2.34. The Balaban J connectivity index is 1.85. The Morgan fingerprint density at radius 1 is 1.44 bits per heavy atom. The SMILES string of the molecule is CNC(CCSc1ccc2c(c1)CCC2)C(=O)O. The number of carboxylic acid groups (broad SMARTS) is 1. The van der Waals surface area contributed by atoms with Crippen molar-refractivity contribution in [3.05, 3.63) is 29.3 Å². The molecule has 0 spiro atoms. The number of aryl methyl sites for hydroxylation is 2. The van der Waals surface area contributed by atoms with Gasteiger partial charge in [-0.05, 0) is 56.0 Å². The third kappa shape index (κ3) is 3.27. The van der Waals surface area contributed by atoms with Gasteiger partial charge in [0.1, 0.15) is 6.04 Å². The zero-order valence-electron chi connectivity index (χ0n) is 10.6. The van der Waals surface area contributed by atoms with Crippen LogP contribution in [0, 0.1) is 0 Å². The van der Waals surface area contributed by atoms with Gasteiger partial charge < -0.3 is 10.4 Å². The summed E-state index contributed by atoms with van der Waals surface area (Å²) in [6.45, 7) is 0. The number of carboxylic acids is 1. The highest BCUT2D eigenvalue weighted by atomic mass is 32.2. The molecule has 18 heavy (non-hydrogen) atoms. The van der Waals surface area contributed by atoms with Crippen LogP contribution in [0.3, 0.4) is 0 Å². The summed E-state index contributed by atoms with van der Waals surface area (Å²) in [6.07, 6.45) is 4.32. The van der Waals surface area contributed by atoms with Gasteiger partial charge in [0.25, 0.3) is 0 Å². The summed E-state index contributed by atoms with van der Waals surface area (Å²) in [6, 6.07) is 6.20. The Bertz CT molecular complexity index is 434. The number of hydrogen-bond donors (Lipinski definition) is 2. The van der Waals surface area contributed by atoms with Crippen molar-refractivity contribution in [3.8, 4) is 0 Å². The Kier molecular flexibility index (Phi) is 4.66. The van der Waals surface area contributed by atoms with Crippen LogP contribution in [0.2, 0.25) is 0 Å². The summed E-state index contributed by atoms with van der Waals surface area (Å²) in [4.78, 5) is 12.1. The third-order valence-corrected chi connectivity index (χ3v) is 4.42. The number of benzene rings is 1. The molecule has 0 aliphatic heterocycles. The van der Waals surface area contributed by atoms with Crippen LogP contribution in [0.4, 0.5) is 0 Å². The molecule has 0 radical (unpaired) electrons. The monoisotopic (exact) mass is 265 g/mol. The average molecular weight is 265 g/mol. The van der Waals surface area contributed by atoms with Crippen LogP contribution in [0.25, 0.3) is 0 Å². The van der Waals surface area contributed by atoms with Crippen LogP contribution in [0.5, 0.6) is 0 Å².